The maximum Gasteiger partial charge on any atom is 0.410 e. The van der Waals surface area contributed by atoms with Crippen LogP contribution in [0.1, 0.15) is 40.5 Å². The number of carbonyl (C=O) groups is 4. The Balaban J connectivity index is 2.19. The van der Waals surface area contributed by atoms with Crippen LogP contribution in [0.2, 0.25) is 13.1 Å². The van der Waals surface area contributed by atoms with Crippen LogP contribution in [0.25, 0.3) is 0 Å². The maximum atomic E-state index is 13.3. The highest BCUT2D eigenvalue weighted by Gasteiger charge is 2.58. The molecule has 5 atom stereocenters. The first-order valence-electron chi connectivity index (χ1n) is 11.9. The minimum Gasteiger partial charge on any atom is -0.445 e. The number of hydrogen-bond donors (Lipinski definition) is 1. The third kappa shape index (κ3) is 5.71. The molecule has 2 aliphatic heterocycles. The number of nitrogens with one attached hydrogen (secondary N) is 1. The molecule has 0 radical (unpaired) electrons. The lowest BCUT2D eigenvalue weighted by Gasteiger charge is -2.54. The number of nitrogens with zero attached hydrogens (tertiary/aromatic N) is 2. The first kappa shape index (κ1) is 28.0. The predicted octanol–water partition coefficient (Wildman–Crippen LogP) is 1.97. The van der Waals surface area contributed by atoms with Crippen molar-refractivity contribution in [2.24, 2.45) is 17.3 Å². The standard InChI is InChI=1S/C24H41N3O6Si/c1-10-11-32-22(31)27-14-15(12-17(27)21(30)26(6)7)18(28)13-16-19(20(29)25-16)24(5,23(2,3)4)33-34(8)9/h10,15-17,19,34H,1,11-14H2,2-9H3,(H,25,29)/t15?,16-,17+,19-,24-/m1/s1. The Kier molecular flexibility index (Phi) is 8.74. The van der Waals surface area contributed by atoms with E-state index in [1.165, 1.54) is 15.9 Å². The molecule has 10 heteroatoms. The second-order valence-corrected chi connectivity index (χ2v) is 13.3. The van der Waals surface area contributed by atoms with Gasteiger partial charge < -0.3 is 19.4 Å². The summed E-state index contributed by atoms with van der Waals surface area (Å²) in [5, 5.41) is 2.90. The third-order valence-electron chi connectivity index (χ3n) is 7.04. The fourth-order valence-electron chi connectivity index (χ4n) is 4.85. The minimum atomic E-state index is -1.48. The zero-order valence-electron chi connectivity index (χ0n) is 21.8. The summed E-state index contributed by atoms with van der Waals surface area (Å²) in [5.41, 5.74) is -1.02. The zero-order valence-corrected chi connectivity index (χ0v) is 23.0. The molecule has 3 amide bonds. The Bertz CT molecular complexity index is 824. The third-order valence-corrected chi connectivity index (χ3v) is 8.00. The molecule has 2 fully saturated rings. The Morgan fingerprint density at radius 1 is 1.24 bits per heavy atom. The molecule has 0 spiro atoms. The highest BCUT2D eigenvalue weighted by atomic mass is 28.3. The monoisotopic (exact) mass is 495 g/mol. The normalized spacial score (nSPS) is 26.4. The van der Waals surface area contributed by atoms with Gasteiger partial charge in [0.2, 0.25) is 11.8 Å². The van der Waals surface area contributed by atoms with E-state index in [0.29, 0.717) is 0 Å². The Labute approximate surface area is 204 Å². The van der Waals surface area contributed by atoms with Crippen LogP contribution >= 0.6 is 0 Å². The van der Waals surface area contributed by atoms with Crippen molar-refractivity contribution < 1.29 is 28.3 Å². The molecule has 0 aromatic heterocycles. The number of ether oxygens (including phenoxy) is 1. The van der Waals surface area contributed by atoms with Crippen molar-refractivity contribution in [3.8, 4) is 0 Å². The van der Waals surface area contributed by atoms with Gasteiger partial charge in [0.05, 0.1) is 17.6 Å². The zero-order chi connectivity index (χ0) is 26.0. The summed E-state index contributed by atoms with van der Waals surface area (Å²) in [6.07, 6.45) is 1.18. The predicted molar refractivity (Wildman–Crippen MR) is 132 cm³/mol. The van der Waals surface area contributed by atoms with Crippen molar-refractivity contribution in [1.82, 2.24) is 15.1 Å². The van der Waals surface area contributed by atoms with Gasteiger partial charge in [0.15, 0.2) is 9.04 Å². The number of hydrogen-bond acceptors (Lipinski definition) is 6. The highest BCUT2D eigenvalue weighted by molar-refractivity contribution is 6.48. The number of Topliss-reactive ketones (excluding diaryl/α,β-unsaturated/α-hetero) is 1. The quantitative estimate of drug-likeness (QED) is 0.298. The molecule has 9 nitrogen and oxygen atoms in total. The second-order valence-electron chi connectivity index (χ2n) is 11.0. The molecule has 1 N–H and O–H groups in total. The average Bonchev–Trinajstić information content (AvgIpc) is 3.14. The lowest BCUT2D eigenvalue weighted by Crippen LogP contribution is -2.70. The van der Waals surface area contributed by atoms with Crippen molar-refractivity contribution in [3.05, 3.63) is 12.7 Å². The molecule has 1 unspecified atom stereocenters. The summed E-state index contributed by atoms with van der Waals surface area (Å²) in [5.74, 6) is -1.39. The van der Waals surface area contributed by atoms with Gasteiger partial charge in [-0.15, -0.1) is 0 Å². The molecule has 0 bridgehead atoms. The number of amides is 3. The number of rotatable bonds is 9. The number of ketones is 1. The van der Waals surface area contributed by atoms with Gasteiger partial charge in [-0.2, -0.15) is 0 Å². The summed E-state index contributed by atoms with van der Waals surface area (Å²) in [6.45, 7) is 15.9. The first-order valence-corrected chi connectivity index (χ1v) is 14.7. The molecule has 34 heavy (non-hydrogen) atoms. The van der Waals surface area contributed by atoms with E-state index in [1.54, 1.807) is 14.1 Å². The van der Waals surface area contributed by atoms with Crippen LogP contribution in [0.5, 0.6) is 0 Å². The second kappa shape index (κ2) is 10.6. The van der Waals surface area contributed by atoms with E-state index in [4.69, 9.17) is 9.16 Å². The number of likely N-dealkylation sites (N-methyl/N-ethyl adjacent to an activating group) is 1. The van der Waals surface area contributed by atoms with Gasteiger partial charge in [-0.1, -0.05) is 33.4 Å². The number of β-lactam (4-membered cyclic amide) rings is 1. The van der Waals surface area contributed by atoms with E-state index in [2.05, 4.69) is 45.8 Å². The molecule has 0 saturated carbocycles. The van der Waals surface area contributed by atoms with E-state index in [0.717, 1.165) is 0 Å². The summed E-state index contributed by atoms with van der Waals surface area (Å²) >= 11 is 0. The summed E-state index contributed by atoms with van der Waals surface area (Å²) in [4.78, 5) is 54.0. The van der Waals surface area contributed by atoms with Crippen LogP contribution < -0.4 is 5.32 Å². The molecule has 2 rings (SSSR count). The van der Waals surface area contributed by atoms with Crippen LogP contribution in [0, 0.1) is 17.3 Å². The van der Waals surface area contributed by atoms with Crippen LogP contribution in [-0.4, -0.2) is 87.5 Å². The lowest BCUT2D eigenvalue weighted by molar-refractivity contribution is -0.160. The van der Waals surface area contributed by atoms with E-state index in [9.17, 15) is 19.2 Å². The molecule has 0 aliphatic carbocycles. The molecular formula is C24H41N3O6Si. The van der Waals surface area contributed by atoms with E-state index in [-0.39, 0.29) is 55.0 Å². The summed E-state index contributed by atoms with van der Waals surface area (Å²) in [6, 6.07) is -1.11. The van der Waals surface area contributed by atoms with Gasteiger partial charge in [0.1, 0.15) is 18.4 Å². The Morgan fingerprint density at radius 3 is 2.32 bits per heavy atom. The molecule has 0 aromatic carbocycles. The topological polar surface area (TPSA) is 105 Å². The largest absolute Gasteiger partial charge is 0.445 e. The van der Waals surface area contributed by atoms with Crippen LogP contribution in [0.3, 0.4) is 0 Å². The van der Waals surface area contributed by atoms with Gasteiger partial charge in [-0.25, -0.2) is 4.79 Å². The van der Waals surface area contributed by atoms with Crippen LogP contribution in [0.4, 0.5) is 4.79 Å². The van der Waals surface area contributed by atoms with Crippen molar-refractivity contribution in [2.75, 3.05) is 27.2 Å². The SMILES string of the molecule is C=CCOC(=O)N1CC(C(=O)C[C@H]2NC(=O)[C@@H]2[C@@](C)(O[SiH](C)C)C(C)(C)C)C[C@H]1C(=O)N(C)C. The molecule has 192 valence electrons. The summed E-state index contributed by atoms with van der Waals surface area (Å²) in [7, 11) is 1.76. The summed E-state index contributed by atoms with van der Waals surface area (Å²) < 4.78 is 11.6. The molecule has 2 aliphatic rings. The van der Waals surface area contributed by atoms with Crippen molar-refractivity contribution in [1.29, 1.82) is 0 Å². The maximum absolute atomic E-state index is 13.3. The first-order chi connectivity index (χ1) is 15.6. The fraction of sp³-hybridized carbons (Fsp3) is 0.750. The van der Waals surface area contributed by atoms with Crippen molar-refractivity contribution in [2.45, 2.75) is 71.3 Å². The fourth-order valence-corrected chi connectivity index (χ4v) is 6.33. The minimum absolute atomic E-state index is 0.0250. The van der Waals surface area contributed by atoms with Crippen LogP contribution in [-0.2, 0) is 23.5 Å². The van der Waals surface area contributed by atoms with Crippen molar-refractivity contribution in [3.63, 3.8) is 0 Å². The Morgan fingerprint density at radius 2 is 1.85 bits per heavy atom. The molecule has 2 saturated heterocycles. The van der Waals surface area contributed by atoms with Gasteiger partial charge in [0.25, 0.3) is 0 Å². The van der Waals surface area contributed by atoms with Gasteiger partial charge in [-0.05, 0) is 31.9 Å². The molecular weight excluding hydrogens is 454 g/mol. The van der Waals surface area contributed by atoms with E-state index in [1.807, 2.05) is 6.92 Å². The smallest absolute Gasteiger partial charge is 0.410 e. The van der Waals surface area contributed by atoms with E-state index < -0.39 is 38.6 Å². The number of carbonyl (C=O) groups excluding carboxylic acids is 4. The van der Waals surface area contributed by atoms with E-state index >= 15 is 0 Å². The van der Waals surface area contributed by atoms with Gasteiger partial charge >= 0.3 is 6.09 Å². The molecule has 2 heterocycles. The Hall–Kier alpha value is -2.20. The number of likely N-dealkylation sites (tertiary alicyclic amines) is 1. The lowest BCUT2D eigenvalue weighted by atomic mass is 9.63. The molecule has 0 aromatic rings. The van der Waals surface area contributed by atoms with Gasteiger partial charge in [0, 0.05) is 33.0 Å². The van der Waals surface area contributed by atoms with Gasteiger partial charge in [-0.3, -0.25) is 19.3 Å². The van der Waals surface area contributed by atoms with Crippen LogP contribution in [0.15, 0.2) is 12.7 Å². The highest BCUT2D eigenvalue weighted by Crippen LogP contribution is 2.45. The van der Waals surface area contributed by atoms with Crippen molar-refractivity contribution >= 4 is 32.7 Å². The average molecular weight is 496 g/mol.